The number of carbonyl (C=O) groups is 2. The Morgan fingerprint density at radius 3 is 1.95 bits per heavy atom. The first-order valence-corrected chi connectivity index (χ1v) is 7.46. The number of hydrogen-bond acceptors (Lipinski definition) is 4. The zero-order valence-electron chi connectivity index (χ0n) is 12.8. The lowest BCUT2D eigenvalue weighted by Crippen LogP contribution is -2.52. The first-order valence-electron chi connectivity index (χ1n) is 7.05. The predicted octanol–water partition coefficient (Wildman–Crippen LogP) is 0.453. The molecule has 21 heavy (non-hydrogen) atoms. The van der Waals surface area contributed by atoms with Crippen LogP contribution in [0.5, 0.6) is 0 Å². The van der Waals surface area contributed by atoms with Crippen molar-refractivity contribution in [1.82, 2.24) is 15.1 Å². The van der Waals surface area contributed by atoms with Crippen LogP contribution in [0.2, 0.25) is 0 Å². The van der Waals surface area contributed by atoms with Gasteiger partial charge in [-0.3, -0.25) is 0 Å². The highest BCUT2D eigenvalue weighted by Gasteiger charge is 2.17. The Morgan fingerprint density at radius 1 is 1.14 bits per heavy atom. The van der Waals surface area contributed by atoms with Gasteiger partial charge in [0, 0.05) is 32.2 Å². The highest BCUT2D eigenvalue weighted by atomic mass is 32.1. The third-order valence-electron chi connectivity index (χ3n) is 3.27. The topological polar surface area (TPSA) is 93.1 Å². The van der Waals surface area contributed by atoms with E-state index in [0.717, 1.165) is 44.3 Å². The van der Waals surface area contributed by atoms with Crippen LogP contribution in [-0.2, 0) is 9.59 Å². The Balaban J connectivity index is 0.000000567. The molecule has 1 fully saturated rings. The van der Waals surface area contributed by atoms with Gasteiger partial charge in [-0.25, -0.2) is 9.59 Å². The van der Waals surface area contributed by atoms with Crippen molar-refractivity contribution in [2.45, 2.75) is 33.2 Å². The minimum Gasteiger partial charge on any atom is -0.473 e. The average Bonchev–Trinajstić information content (AvgIpc) is 2.47. The Kier molecular flexibility index (Phi) is 9.64. The van der Waals surface area contributed by atoms with Crippen molar-refractivity contribution in [3.8, 4) is 0 Å². The maximum absolute atomic E-state index is 9.10. The molecule has 1 rings (SSSR count). The molecule has 3 N–H and O–H groups in total. The summed E-state index contributed by atoms with van der Waals surface area (Å²) in [5, 5.41) is 19.1. The fourth-order valence-corrected chi connectivity index (χ4v) is 2.06. The summed E-state index contributed by atoms with van der Waals surface area (Å²) in [7, 11) is 0. The molecular formula is C13H25N3O4S. The van der Waals surface area contributed by atoms with Crippen LogP contribution in [0.25, 0.3) is 0 Å². The maximum atomic E-state index is 9.10. The number of nitrogens with one attached hydrogen (secondary N) is 1. The monoisotopic (exact) mass is 319 g/mol. The molecule has 0 saturated carbocycles. The third-order valence-corrected chi connectivity index (χ3v) is 3.65. The lowest BCUT2D eigenvalue weighted by atomic mass is 10.2. The summed E-state index contributed by atoms with van der Waals surface area (Å²) < 4.78 is 0. The van der Waals surface area contributed by atoms with Crippen molar-refractivity contribution in [2.75, 3.05) is 32.7 Å². The quantitative estimate of drug-likeness (QED) is 0.510. The molecule has 0 aromatic heterocycles. The SMILES string of the molecule is CCC(C)NC(=S)N1CCN(CC)CC1.O=C(O)C(=O)O. The summed E-state index contributed by atoms with van der Waals surface area (Å²) >= 11 is 5.39. The van der Waals surface area contributed by atoms with Crippen LogP contribution in [0.4, 0.5) is 0 Å². The van der Waals surface area contributed by atoms with E-state index in [0.29, 0.717) is 6.04 Å². The molecular weight excluding hydrogens is 294 g/mol. The van der Waals surface area contributed by atoms with Gasteiger partial charge in [-0.15, -0.1) is 0 Å². The maximum Gasteiger partial charge on any atom is 0.414 e. The Bertz CT molecular complexity index is 345. The highest BCUT2D eigenvalue weighted by molar-refractivity contribution is 7.80. The Labute approximate surface area is 130 Å². The van der Waals surface area contributed by atoms with E-state index < -0.39 is 11.9 Å². The van der Waals surface area contributed by atoms with Crippen molar-refractivity contribution in [1.29, 1.82) is 0 Å². The fraction of sp³-hybridized carbons (Fsp3) is 0.769. The number of aliphatic carboxylic acids is 2. The van der Waals surface area contributed by atoms with Crippen LogP contribution < -0.4 is 5.32 Å². The molecule has 0 aromatic carbocycles. The van der Waals surface area contributed by atoms with Crippen LogP contribution in [0.15, 0.2) is 0 Å². The van der Waals surface area contributed by atoms with Crippen molar-refractivity contribution in [3.05, 3.63) is 0 Å². The van der Waals surface area contributed by atoms with Gasteiger partial charge in [0.1, 0.15) is 0 Å². The van der Waals surface area contributed by atoms with Gasteiger partial charge >= 0.3 is 11.9 Å². The number of carboxylic acid groups (broad SMARTS) is 2. The minimum atomic E-state index is -1.82. The number of hydrogen-bond donors (Lipinski definition) is 3. The summed E-state index contributed by atoms with van der Waals surface area (Å²) in [6.45, 7) is 12.1. The molecule has 1 atom stereocenters. The van der Waals surface area contributed by atoms with Crippen LogP contribution in [-0.4, -0.2) is 75.8 Å². The zero-order chi connectivity index (χ0) is 16.4. The summed E-state index contributed by atoms with van der Waals surface area (Å²) in [5.41, 5.74) is 0. The van der Waals surface area contributed by atoms with E-state index >= 15 is 0 Å². The molecule has 0 aliphatic carbocycles. The third kappa shape index (κ3) is 8.46. The molecule has 122 valence electrons. The summed E-state index contributed by atoms with van der Waals surface area (Å²) in [5.74, 6) is -3.65. The average molecular weight is 319 g/mol. The Morgan fingerprint density at radius 2 is 1.62 bits per heavy atom. The highest BCUT2D eigenvalue weighted by Crippen LogP contribution is 2.02. The number of thiocarbonyl (C=S) groups is 1. The lowest BCUT2D eigenvalue weighted by molar-refractivity contribution is -0.159. The van der Waals surface area contributed by atoms with E-state index in [2.05, 4.69) is 35.9 Å². The molecule has 0 aromatic rings. The van der Waals surface area contributed by atoms with E-state index in [1.807, 2.05) is 0 Å². The van der Waals surface area contributed by atoms with Crippen molar-refractivity contribution in [2.24, 2.45) is 0 Å². The van der Waals surface area contributed by atoms with Gasteiger partial charge in [0.15, 0.2) is 5.11 Å². The first-order chi connectivity index (χ1) is 9.81. The van der Waals surface area contributed by atoms with Gasteiger partial charge in [0.25, 0.3) is 0 Å². The number of piperazine rings is 1. The molecule has 1 heterocycles. The van der Waals surface area contributed by atoms with Crippen molar-refractivity contribution in [3.63, 3.8) is 0 Å². The minimum absolute atomic E-state index is 0.488. The molecule has 1 saturated heterocycles. The lowest BCUT2D eigenvalue weighted by Gasteiger charge is -2.36. The molecule has 0 amide bonds. The Hall–Kier alpha value is -1.41. The van der Waals surface area contributed by atoms with Gasteiger partial charge in [-0.2, -0.15) is 0 Å². The normalized spacial score (nSPS) is 16.4. The molecule has 7 nitrogen and oxygen atoms in total. The number of carboxylic acids is 2. The number of rotatable bonds is 3. The van der Waals surface area contributed by atoms with Crippen LogP contribution in [0.1, 0.15) is 27.2 Å². The second-order valence-corrected chi connectivity index (χ2v) is 5.18. The van der Waals surface area contributed by atoms with Gasteiger partial charge < -0.3 is 25.3 Å². The van der Waals surface area contributed by atoms with E-state index in [-0.39, 0.29) is 0 Å². The smallest absolute Gasteiger partial charge is 0.414 e. The van der Waals surface area contributed by atoms with E-state index in [1.165, 1.54) is 0 Å². The van der Waals surface area contributed by atoms with E-state index in [9.17, 15) is 0 Å². The molecule has 0 radical (unpaired) electrons. The standard InChI is InChI=1S/C11H23N3S.C2H2O4/c1-4-10(3)12-11(15)14-8-6-13(5-2)7-9-14;3-1(4)2(5)6/h10H,4-9H2,1-3H3,(H,12,15);(H,3,4)(H,5,6). The van der Waals surface area contributed by atoms with Gasteiger partial charge in [-0.1, -0.05) is 13.8 Å². The van der Waals surface area contributed by atoms with E-state index in [4.69, 9.17) is 32.0 Å². The molecule has 8 heteroatoms. The van der Waals surface area contributed by atoms with Gasteiger partial charge in [0.2, 0.25) is 0 Å². The predicted molar refractivity (Wildman–Crippen MR) is 84.4 cm³/mol. The zero-order valence-corrected chi connectivity index (χ0v) is 13.7. The molecule has 0 bridgehead atoms. The van der Waals surface area contributed by atoms with Crippen LogP contribution >= 0.6 is 12.2 Å². The molecule has 0 spiro atoms. The summed E-state index contributed by atoms with van der Waals surface area (Å²) in [6.07, 6.45) is 1.12. The van der Waals surface area contributed by atoms with Gasteiger partial charge in [-0.05, 0) is 32.1 Å². The largest absolute Gasteiger partial charge is 0.473 e. The van der Waals surface area contributed by atoms with Gasteiger partial charge in [0.05, 0.1) is 0 Å². The number of nitrogens with zero attached hydrogens (tertiary/aromatic N) is 2. The van der Waals surface area contributed by atoms with Crippen LogP contribution in [0.3, 0.4) is 0 Å². The first kappa shape index (κ1) is 19.6. The summed E-state index contributed by atoms with van der Waals surface area (Å²) in [4.78, 5) is 22.9. The molecule has 1 unspecified atom stereocenters. The van der Waals surface area contributed by atoms with Crippen molar-refractivity contribution >= 4 is 29.3 Å². The van der Waals surface area contributed by atoms with Crippen molar-refractivity contribution < 1.29 is 19.8 Å². The summed E-state index contributed by atoms with van der Waals surface area (Å²) in [6, 6.07) is 0.488. The van der Waals surface area contributed by atoms with Crippen LogP contribution in [0, 0.1) is 0 Å². The molecule has 1 aliphatic heterocycles. The number of likely N-dealkylation sites (N-methyl/N-ethyl adjacent to an activating group) is 1. The second kappa shape index (κ2) is 10.3. The fourth-order valence-electron chi connectivity index (χ4n) is 1.67. The molecule has 1 aliphatic rings. The van der Waals surface area contributed by atoms with E-state index in [1.54, 1.807) is 0 Å². The second-order valence-electron chi connectivity index (χ2n) is 4.79.